The van der Waals surface area contributed by atoms with Gasteiger partial charge in [0, 0.05) is 29.6 Å². The summed E-state index contributed by atoms with van der Waals surface area (Å²) in [4.78, 5) is 24.2. The van der Waals surface area contributed by atoms with Crippen molar-refractivity contribution >= 4 is 16.9 Å². The van der Waals surface area contributed by atoms with Crippen molar-refractivity contribution in [3.8, 4) is 22.6 Å². The van der Waals surface area contributed by atoms with E-state index in [2.05, 4.69) is 5.32 Å². The van der Waals surface area contributed by atoms with Crippen molar-refractivity contribution in [3.63, 3.8) is 0 Å². The molecule has 4 rings (SSSR count). The molecule has 1 N–H and O–H groups in total. The number of hydrogen-bond acceptors (Lipinski definition) is 5. The monoisotopic (exact) mass is 415 g/mol. The number of benzene rings is 3. The fourth-order valence-corrected chi connectivity index (χ4v) is 3.33. The minimum absolute atomic E-state index is 0.163. The summed E-state index contributed by atoms with van der Waals surface area (Å²) in [5.74, 6) is 0.876. The minimum Gasteiger partial charge on any atom is -0.496 e. The lowest BCUT2D eigenvalue weighted by atomic mass is 10.0. The molecule has 0 aliphatic rings. The fraction of sp³-hybridized carbons (Fsp3) is 0.120. The van der Waals surface area contributed by atoms with Crippen LogP contribution in [0.15, 0.2) is 88.1 Å². The molecule has 0 bridgehead atoms. The third-order valence-electron chi connectivity index (χ3n) is 4.84. The maximum absolute atomic E-state index is 12.2. The van der Waals surface area contributed by atoms with Crippen LogP contribution in [0.25, 0.3) is 22.1 Å². The van der Waals surface area contributed by atoms with Crippen LogP contribution in [0, 0.1) is 0 Å². The van der Waals surface area contributed by atoms with E-state index < -0.39 is 5.63 Å². The molecule has 3 aromatic carbocycles. The highest BCUT2D eigenvalue weighted by atomic mass is 16.5. The quantitative estimate of drug-likeness (QED) is 0.459. The predicted molar refractivity (Wildman–Crippen MR) is 118 cm³/mol. The Morgan fingerprint density at radius 3 is 2.55 bits per heavy atom. The van der Waals surface area contributed by atoms with Crippen molar-refractivity contribution < 1.29 is 18.7 Å². The molecule has 0 saturated heterocycles. The summed E-state index contributed by atoms with van der Waals surface area (Å²) in [6, 6.07) is 23.8. The summed E-state index contributed by atoms with van der Waals surface area (Å²) in [5.41, 5.74) is 2.54. The molecule has 156 valence electrons. The summed E-state index contributed by atoms with van der Waals surface area (Å²) < 4.78 is 16.2. The Bertz CT molecular complexity index is 1260. The lowest BCUT2D eigenvalue weighted by Gasteiger charge is -2.11. The number of fused-ring (bicyclic) bond motifs is 1. The Morgan fingerprint density at radius 1 is 0.968 bits per heavy atom. The topological polar surface area (TPSA) is 77.8 Å². The van der Waals surface area contributed by atoms with Crippen LogP contribution in [0.3, 0.4) is 0 Å². The smallest absolute Gasteiger partial charge is 0.336 e. The van der Waals surface area contributed by atoms with Gasteiger partial charge < -0.3 is 19.2 Å². The lowest BCUT2D eigenvalue weighted by Crippen LogP contribution is -2.28. The minimum atomic E-state index is -0.446. The van der Waals surface area contributed by atoms with Gasteiger partial charge in [0.15, 0.2) is 6.61 Å². The zero-order valence-corrected chi connectivity index (χ0v) is 17.0. The van der Waals surface area contributed by atoms with Gasteiger partial charge in [0.05, 0.1) is 7.11 Å². The van der Waals surface area contributed by atoms with Crippen LogP contribution in [0.2, 0.25) is 0 Å². The maximum atomic E-state index is 12.2. The van der Waals surface area contributed by atoms with E-state index in [0.29, 0.717) is 23.6 Å². The molecule has 1 aromatic heterocycles. The average molecular weight is 415 g/mol. The van der Waals surface area contributed by atoms with Gasteiger partial charge >= 0.3 is 5.63 Å². The van der Waals surface area contributed by atoms with Crippen LogP contribution in [0.4, 0.5) is 0 Å². The van der Waals surface area contributed by atoms with Crippen LogP contribution in [-0.4, -0.2) is 19.6 Å². The summed E-state index contributed by atoms with van der Waals surface area (Å²) in [6.07, 6.45) is 0. The Hall–Kier alpha value is -4.06. The molecule has 0 aliphatic heterocycles. The number of carbonyl (C=O) groups is 1. The maximum Gasteiger partial charge on any atom is 0.336 e. The molecular formula is C25H21NO5. The number of ether oxygens (including phenoxy) is 2. The van der Waals surface area contributed by atoms with Crippen molar-refractivity contribution in [3.05, 3.63) is 94.8 Å². The van der Waals surface area contributed by atoms with Crippen molar-refractivity contribution in [1.82, 2.24) is 5.32 Å². The number of para-hydroxylation sites is 1. The third kappa shape index (κ3) is 4.75. The first-order valence-corrected chi connectivity index (χ1v) is 9.79. The highest BCUT2D eigenvalue weighted by Gasteiger charge is 2.10. The zero-order chi connectivity index (χ0) is 21.6. The molecular weight excluding hydrogens is 394 g/mol. The van der Waals surface area contributed by atoms with E-state index in [0.717, 1.165) is 22.1 Å². The summed E-state index contributed by atoms with van der Waals surface area (Å²) in [5, 5.41) is 3.59. The van der Waals surface area contributed by atoms with Crippen molar-refractivity contribution in [1.29, 1.82) is 0 Å². The fourth-order valence-electron chi connectivity index (χ4n) is 3.33. The first-order chi connectivity index (χ1) is 15.1. The van der Waals surface area contributed by atoms with Crippen molar-refractivity contribution in [2.45, 2.75) is 6.54 Å². The van der Waals surface area contributed by atoms with E-state index in [1.807, 2.05) is 60.7 Å². The molecule has 31 heavy (non-hydrogen) atoms. The lowest BCUT2D eigenvalue weighted by molar-refractivity contribution is -0.123. The van der Waals surface area contributed by atoms with E-state index in [1.54, 1.807) is 19.2 Å². The number of hydrogen-bond donors (Lipinski definition) is 1. The molecule has 0 spiro atoms. The summed E-state index contributed by atoms with van der Waals surface area (Å²) in [7, 11) is 1.59. The first-order valence-electron chi connectivity index (χ1n) is 9.79. The van der Waals surface area contributed by atoms with Gasteiger partial charge in [-0.1, -0.05) is 48.5 Å². The number of methoxy groups -OCH3 is 1. The first kappa shape index (κ1) is 20.2. The second-order valence-electron chi connectivity index (χ2n) is 6.88. The van der Waals surface area contributed by atoms with Gasteiger partial charge in [0.2, 0.25) is 0 Å². The van der Waals surface area contributed by atoms with Crippen LogP contribution in [0.1, 0.15) is 5.56 Å². The van der Waals surface area contributed by atoms with Gasteiger partial charge in [-0.15, -0.1) is 0 Å². The Balaban J connectivity index is 1.46. The molecule has 4 aromatic rings. The second kappa shape index (κ2) is 9.17. The van der Waals surface area contributed by atoms with Gasteiger partial charge in [-0.05, 0) is 29.3 Å². The standard InChI is InChI=1S/C25H21NO5/c1-29-22-10-6-5-9-18(22)15-26-24(27)16-30-19-11-12-20-21(17-7-3-2-4-8-17)14-25(28)31-23(20)13-19/h2-14H,15-16H2,1H3,(H,26,27). The van der Waals surface area contributed by atoms with E-state index >= 15 is 0 Å². The number of nitrogens with one attached hydrogen (secondary N) is 1. The van der Waals surface area contributed by atoms with Gasteiger partial charge in [-0.3, -0.25) is 4.79 Å². The third-order valence-corrected chi connectivity index (χ3v) is 4.84. The van der Waals surface area contributed by atoms with E-state index in [4.69, 9.17) is 13.9 Å². The predicted octanol–water partition coefficient (Wildman–Crippen LogP) is 4.16. The number of amides is 1. The zero-order valence-electron chi connectivity index (χ0n) is 17.0. The molecule has 0 atom stereocenters. The Labute approximate surface area is 179 Å². The van der Waals surface area contributed by atoms with E-state index in [1.165, 1.54) is 6.07 Å². The molecule has 0 fully saturated rings. The number of rotatable bonds is 7. The van der Waals surface area contributed by atoms with Crippen LogP contribution in [0.5, 0.6) is 11.5 Å². The largest absolute Gasteiger partial charge is 0.496 e. The van der Waals surface area contributed by atoms with Gasteiger partial charge in [0.25, 0.3) is 5.91 Å². The molecule has 1 amide bonds. The van der Waals surface area contributed by atoms with Crippen LogP contribution in [-0.2, 0) is 11.3 Å². The molecule has 0 unspecified atom stereocenters. The van der Waals surface area contributed by atoms with Gasteiger partial charge in [-0.2, -0.15) is 0 Å². The van der Waals surface area contributed by atoms with Crippen molar-refractivity contribution in [2.24, 2.45) is 0 Å². The molecule has 0 saturated carbocycles. The highest BCUT2D eigenvalue weighted by molar-refractivity contribution is 5.93. The molecule has 6 heteroatoms. The Morgan fingerprint density at radius 2 is 1.74 bits per heavy atom. The van der Waals surface area contributed by atoms with E-state index in [9.17, 15) is 9.59 Å². The van der Waals surface area contributed by atoms with Crippen molar-refractivity contribution in [2.75, 3.05) is 13.7 Å². The molecule has 0 radical (unpaired) electrons. The van der Waals surface area contributed by atoms with Gasteiger partial charge in [0.1, 0.15) is 17.1 Å². The van der Waals surface area contributed by atoms with Crippen LogP contribution < -0.4 is 20.4 Å². The summed E-state index contributed by atoms with van der Waals surface area (Å²) >= 11 is 0. The SMILES string of the molecule is COc1ccccc1CNC(=O)COc1ccc2c(-c3ccccc3)cc(=O)oc2c1. The summed E-state index contributed by atoms with van der Waals surface area (Å²) in [6.45, 7) is 0.169. The second-order valence-corrected chi connectivity index (χ2v) is 6.88. The van der Waals surface area contributed by atoms with Crippen LogP contribution >= 0.6 is 0 Å². The normalized spacial score (nSPS) is 10.6. The molecule has 0 aliphatic carbocycles. The molecule has 6 nitrogen and oxygen atoms in total. The average Bonchev–Trinajstić information content (AvgIpc) is 2.81. The molecule has 1 heterocycles. The Kier molecular flexibility index (Phi) is 5.98. The highest BCUT2D eigenvalue weighted by Crippen LogP contribution is 2.29. The van der Waals surface area contributed by atoms with E-state index in [-0.39, 0.29) is 12.5 Å². The number of carbonyl (C=O) groups excluding carboxylic acids is 1. The van der Waals surface area contributed by atoms with Gasteiger partial charge in [-0.25, -0.2) is 4.79 Å².